The average Bonchev–Trinajstić information content (AvgIpc) is 3.20. The Kier molecular flexibility index (Phi) is 7.19. The number of anilines is 1. The molecular formula is C20H24Cl2N3O3S+. The topological polar surface area (TPSA) is 70.9 Å². The Balaban J connectivity index is 1.55. The van der Waals surface area contributed by atoms with Gasteiger partial charge in [-0.05, 0) is 49.2 Å². The first-order chi connectivity index (χ1) is 13.8. The van der Waals surface area contributed by atoms with Gasteiger partial charge in [0.2, 0.25) is 10.0 Å². The minimum absolute atomic E-state index is 0.155. The van der Waals surface area contributed by atoms with Gasteiger partial charge in [0.05, 0.1) is 22.0 Å². The van der Waals surface area contributed by atoms with Crippen LogP contribution in [0.3, 0.4) is 0 Å². The van der Waals surface area contributed by atoms with E-state index < -0.39 is 10.0 Å². The number of hydrogen-bond donors (Lipinski definition) is 2. The molecule has 1 amide bonds. The van der Waals surface area contributed by atoms with Gasteiger partial charge in [-0.3, -0.25) is 4.79 Å². The summed E-state index contributed by atoms with van der Waals surface area (Å²) in [6, 6.07) is 11.7. The number of halogens is 2. The van der Waals surface area contributed by atoms with Gasteiger partial charge in [0.15, 0.2) is 6.54 Å². The van der Waals surface area contributed by atoms with E-state index in [2.05, 4.69) is 5.32 Å². The van der Waals surface area contributed by atoms with Crippen molar-refractivity contribution in [1.29, 1.82) is 0 Å². The molecule has 2 aromatic rings. The standard InChI is InChI=1S/C20H23Cl2N3O3S/c1-24(13-15-4-9-18(21)19(22)12-15)14-20(26)23-16-5-7-17(8-6-16)29(27,28)25-10-2-3-11-25/h4-9,12H,2-3,10-11,13-14H2,1H3,(H,23,26)/p+1. The number of nitrogens with one attached hydrogen (secondary N) is 2. The minimum atomic E-state index is -3.45. The van der Waals surface area contributed by atoms with Crippen molar-refractivity contribution in [3.8, 4) is 0 Å². The van der Waals surface area contributed by atoms with Crippen LogP contribution in [-0.2, 0) is 21.4 Å². The van der Waals surface area contributed by atoms with Crippen molar-refractivity contribution in [3.05, 3.63) is 58.1 Å². The van der Waals surface area contributed by atoms with Crippen molar-refractivity contribution < 1.29 is 18.1 Å². The summed E-state index contributed by atoms with van der Waals surface area (Å²) in [4.78, 5) is 13.5. The number of carbonyl (C=O) groups is 1. The Morgan fingerprint density at radius 3 is 2.34 bits per heavy atom. The van der Waals surface area contributed by atoms with E-state index in [1.54, 1.807) is 24.3 Å². The zero-order valence-corrected chi connectivity index (χ0v) is 18.4. The average molecular weight is 457 g/mol. The number of nitrogens with zero attached hydrogens (tertiary/aromatic N) is 1. The van der Waals surface area contributed by atoms with E-state index in [4.69, 9.17) is 23.2 Å². The Labute approximate surface area is 181 Å². The molecule has 156 valence electrons. The molecule has 0 bridgehead atoms. The SMILES string of the molecule is C[NH+](CC(=O)Nc1ccc(S(=O)(=O)N2CCCC2)cc1)Cc1ccc(Cl)c(Cl)c1. The van der Waals surface area contributed by atoms with E-state index in [1.807, 2.05) is 13.1 Å². The number of likely N-dealkylation sites (N-methyl/N-ethyl adjacent to an activating group) is 1. The molecule has 29 heavy (non-hydrogen) atoms. The zero-order valence-electron chi connectivity index (χ0n) is 16.1. The summed E-state index contributed by atoms with van der Waals surface area (Å²) in [5.74, 6) is -0.155. The lowest BCUT2D eigenvalue weighted by molar-refractivity contribution is -0.885. The van der Waals surface area contributed by atoms with Crippen molar-refractivity contribution >= 4 is 44.8 Å². The summed E-state index contributed by atoms with van der Waals surface area (Å²) >= 11 is 12.0. The molecule has 0 aliphatic carbocycles. The summed E-state index contributed by atoms with van der Waals surface area (Å²) < 4.78 is 26.6. The first-order valence-electron chi connectivity index (χ1n) is 9.41. The van der Waals surface area contributed by atoms with Crippen molar-refractivity contribution in [1.82, 2.24) is 4.31 Å². The van der Waals surface area contributed by atoms with E-state index in [1.165, 1.54) is 16.4 Å². The molecule has 0 aromatic heterocycles. The van der Waals surface area contributed by atoms with Crippen molar-refractivity contribution in [2.24, 2.45) is 0 Å². The summed E-state index contributed by atoms with van der Waals surface area (Å²) in [7, 11) is -1.54. The van der Waals surface area contributed by atoms with Gasteiger partial charge < -0.3 is 10.2 Å². The largest absolute Gasteiger partial charge is 0.326 e. The van der Waals surface area contributed by atoms with Crippen LogP contribution in [0.15, 0.2) is 47.4 Å². The highest BCUT2D eigenvalue weighted by molar-refractivity contribution is 7.89. The molecule has 1 unspecified atom stereocenters. The molecule has 1 saturated heterocycles. The van der Waals surface area contributed by atoms with Crippen LogP contribution in [0.5, 0.6) is 0 Å². The summed E-state index contributed by atoms with van der Waals surface area (Å²) in [6.45, 7) is 2.01. The van der Waals surface area contributed by atoms with Crippen LogP contribution >= 0.6 is 23.2 Å². The van der Waals surface area contributed by atoms with Crippen LogP contribution in [0.4, 0.5) is 5.69 Å². The molecular weight excluding hydrogens is 433 g/mol. The Morgan fingerprint density at radius 2 is 1.72 bits per heavy atom. The number of amides is 1. The third-order valence-corrected chi connectivity index (χ3v) is 7.45. The van der Waals surface area contributed by atoms with E-state index in [-0.39, 0.29) is 17.3 Å². The fraction of sp³-hybridized carbons (Fsp3) is 0.350. The van der Waals surface area contributed by atoms with Crippen molar-refractivity contribution in [2.75, 3.05) is 32.0 Å². The summed E-state index contributed by atoms with van der Waals surface area (Å²) in [6.07, 6.45) is 1.79. The minimum Gasteiger partial charge on any atom is -0.326 e. The number of benzene rings is 2. The number of carbonyl (C=O) groups excluding carboxylic acids is 1. The first-order valence-corrected chi connectivity index (χ1v) is 11.6. The number of sulfonamides is 1. The fourth-order valence-electron chi connectivity index (χ4n) is 3.33. The molecule has 9 heteroatoms. The molecule has 1 heterocycles. The van der Waals surface area contributed by atoms with Gasteiger partial charge in [0.25, 0.3) is 5.91 Å². The molecule has 2 aromatic carbocycles. The van der Waals surface area contributed by atoms with Gasteiger partial charge in [-0.25, -0.2) is 8.42 Å². The zero-order chi connectivity index (χ0) is 21.0. The molecule has 1 fully saturated rings. The first kappa shape index (κ1) is 22.1. The third-order valence-electron chi connectivity index (χ3n) is 4.79. The lowest BCUT2D eigenvalue weighted by Gasteiger charge is -2.16. The second-order valence-electron chi connectivity index (χ2n) is 7.24. The highest BCUT2D eigenvalue weighted by Gasteiger charge is 2.27. The van der Waals surface area contributed by atoms with E-state index in [9.17, 15) is 13.2 Å². The number of quaternary nitrogens is 1. The van der Waals surface area contributed by atoms with Crippen molar-refractivity contribution in [3.63, 3.8) is 0 Å². The Morgan fingerprint density at radius 1 is 1.07 bits per heavy atom. The maximum atomic E-state index is 12.5. The van der Waals surface area contributed by atoms with Gasteiger partial charge in [0, 0.05) is 24.3 Å². The third kappa shape index (κ3) is 5.71. The van der Waals surface area contributed by atoms with Crippen molar-refractivity contribution in [2.45, 2.75) is 24.3 Å². The molecule has 0 spiro atoms. The molecule has 2 N–H and O–H groups in total. The molecule has 1 aliphatic rings. The monoisotopic (exact) mass is 456 g/mol. The van der Waals surface area contributed by atoms with Gasteiger partial charge in [-0.2, -0.15) is 4.31 Å². The van der Waals surface area contributed by atoms with E-state index >= 15 is 0 Å². The Bertz CT molecular complexity index is 975. The highest BCUT2D eigenvalue weighted by Crippen LogP contribution is 2.23. The van der Waals surface area contributed by atoms with Crippen LogP contribution in [0.1, 0.15) is 18.4 Å². The quantitative estimate of drug-likeness (QED) is 0.671. The van der Waals surface area contributed by atoms with E-state index in [0.717, 1.165) is 23.3 Å². The molecule has 3 rings (SSSR count). The normalized spacial score (nSPS) is 16.0. The van der Waals surface area contributed by atoms with E-state index in [0.29, 0.717) is 35.4 Å². The van der Waals surface area contributed by atoms with Crippen LogP contribution in [0.2, 0.25) is 10.0 Å². The molecule has 1 aliphatic heterocycles. The lowest BCUT2D eigenvalue weighted by atomic mass is 10.2. The van der Waals surface area contributed by atoms with Crippen LogP contribution in [-0.4, -0.2) is 45.3 Å². The van der Waals surface area contributed by atoms with Gasteiger partial charge in [-0.1, -0.05) is 29.3 Å². The maximum absolute atomic E-state index is 12.5. The molecule has 1 atom stereocenters. The summed E-state index contributed by atoms with van der Waals surface area (Å²) in [5.41, 5.74) is 1.55. The number of rotatable bonds is 7. The Hall–Kier alpha value is -1.64. The second kappa shape index (κ2) is 9.45. The molecule has 0 saturated carbocycles. The van der Waals surface area contributed by atoms with Crippen LogP contribution < -0.4 is 10.2 Å². The van der Waals surface area contributed by atoms with Crippen LogP contribution in [0, 0.1) is 0 Å². The summed E-state index contributed by atoms with van der Waals surface area (Å²) in [5, 5.41) is 3.80. The smallest absolute Gasteiger partial charge is 0.279 e. The van der Waals surface area contributed by atoms with Gasteiger partial charge in [-0.15, -0.1) is 0 Å². The fourth-order valence-corrected chi connectivity index (χ4v) is 5.17. The highest BCUT2D eigenvalue weighted by atomic mass is 35.5. The van der Waals surface area contributed by atoms with Gasteiger partial charge in [0.1, 0.15) is 6.54 Å². The lowest BCUT2D eigenvalue weighted by Crippen LogP contribution is -3.08. The number of hydrogen-bond acceptors (Lipinski definition) is 3. The van der Waals surface area contributed by atoms with Gasteiger partial charge >= 0.3 is 0 Å². The predicted octanol–water partition coefficient (Wildman–Crippen LogP) is 2.43. The molecule has 6 nitrogen and oxygen atoms in total. The molecule has 0 radical (unpaired) electrons. The van der Waals surface area contributed by atoms with Crippen LogP contribution in [0.25, 0.3) is 0 Å². The second-order valence-corrected chi connectivity index (χ2v) is 10.00. The maximum Gasteiger partial charge on any atom is 0.279 e. The predicted molar refractivity (Wildman–Crippen MR) is 115 cm³/mol.